The highest BCUT2D eigenvalue weighted by Gasteiger charge is 2.18. The Bertz CT molecular complexity index is 1520. The first kappa shape index (κ1) is 23.8. The third kappa shape index (κ3) is 4.97. The van der Waals surface area contributed by atoms with Crippen molar-refractivity contribution in [3.05, 3.63) is 69.2 Å². The molecule has 0 aliphatic rings. The Kier molecular flexibility index (Phi) is 6.75. The zero-order valence-electron chi connectivity index (χ0n) is 18.7. The second-order valence-electron chi connectivity index (χ2n) is 7.99. The monoisotopic (exact) mass is 493 g/mol. The smallest absolute Gasteiger partial charge is 0.267 e. The molecule has 4 aromatic rings. The predicted octanol–water partition coefficient (Wildman–Crippen LogP) is 3.08. The van der Waals surface area contributed by atoms with Crippen LogP contribution in [0.2, 0.25) is 5.02 Å². The van der Waals surface area contributed by atoms with Gasteiger partial charge in [-0.3, -0.25) is 14.3 Å². The Morgan fingerprint density at radius 3 is 2.80 bits per heavy atom. The number of nitrogens with one attached hydrogen (secondary N) is 1. The minimum atomic E-state index is -0.575. The summed E-state index contributed by atoms with van der Waals surface area (Å²) >= 11 is 6.28. The van der Waals surface area contributed by atoms with Crippen LogP contribution in [0.4, 0.5) is 22.0 Å². The van der Waals surface area contributed by atoms with Crippen LogP contribution in [-0.2, 0) is 6.42 Å². The molecule has 0 saturated heterocycles. The summed E-state index contributed by atoms with van der Waals surface area (Å²) in [5, 5.41) is 12.9. The Morgan fingerprint density at radius 2 is 2.06 bits per heavy atom. The predicted molar refractivity (Wildman–Crippen MR) is 132 cm³/mol. The van der Waals surface area contributed by atoms with Gasteiger partial charge in [-0.1, -0.05) is 24.6 Å². The number of nitriles is 1. The highest BCUT2D eigenvalue weighted by atomic mass is 35.5. The molecule has 0 saturated carbocycles. The fourth-order valence-electron chi connectivity index (χ4n) is 3.75. The summed E-state index contributed by atoms with van der Waals surface area (Å²) in [5.41, 5.74) is 11.8. The first-order valence-corrected chi connectivity index (χ1v) is 11.0. The van der Waals surface area contributed by atoms with Gasteiger partial charge in [-0.2, -0.15) is 15.2 Å². The van der Waals surface area contributed by atoms with Crippen molar-refractivity contribution >= 4 is 40.1 Å². The molecule has 0 spiro atoms. The zero-order chi connectivity index (χ0) is 25.1. The summed E-state index contributed by atoms with van der Waals surface area (Å²) in [6.45, 7) is 2.43. The topological polar surface area (TPSA) is 161 Å². The van der Waals surface area contributed by atoms with Crippen molar-refractivity contribution in [2.75, 3.05) is 23.3 Å². The van der Waals surface area contributed by atoms with Crippen molar-refractivity contribution in [3.8, 4) is 11.8 Å². The van der Waals surface area contributed by atoms with Crippen LogP contribution in [0.3, 0.4) is 0 Å². The van der Waals surface area contributed by atoms with E-state index in [1.165, 1.54) is 16.8 Å². The number of rotatable bonds is 7. The lowest BCUT2D eigenvalue weighted by atomic mass is 10.0. The molecule has 3 aromatic heterocycles. The maximum Gasteiger partial charge on any atom is 0.267 e. The molecule has 0 aliphatic carbocycles. The molecule has 1 aromatic carbocycles. The first-order chi connectivity index (χ1) is 16.8. The van der Waals surface area contributed by atoms with Crippen LogP contribution in [0.1, 0.15) is 24.7 Å². The molecule has 178 valence electrons. The number of nitrogen functional groups attached to an aromatic ring is 2. The summed E-state index contributed by atoms with van der Waals surface area (Å²) in [4.78, 5) is 29.8. The largest absolute Gasteiger partial charge is 0.382 e. The van der Waals surface area contributed by atoms with E-state index in [4.69, 9.17) is 23.1 Å². The van der Waals surface area contributed by atoms with Gasteiger partial charge in [-0.15, -0.1) is 0 Å². The average Bonchev–Trinajstić information content (AvgIpc) is 2.79. The van der Waals surface area contributed by atoms with Crippen LogP contribution in [-0.4, -0.2) is 31.0 Å². The number of anilines is 3. The molecule has 0 amide bonds. The molecule has 5 N–H and O–H groups in total. The quantitative estimate of drug-likeness (QED) is 0.351. The Morgan fingerprint density at radius 1 is 1.26 bits per heavy atom. The van der Waals surface area contributed by atoms with E-state index in [0.29, 0.717) is 30.7 Å². The Labute approximate surface area is 204 Å². The molecular formula is C23H21ClFN9O. The van der Waals surface area contributed by atoms with Crippen molar-refractivity contribution in [3.63, 3.8) is 0 Å². The van der Waals surface area contributed by atoms with Crippen LogP contribution < -0.4 is 22.3 Å². The van der Waals surface area contributed by atoms with Crippen LogP contribution >= 0.6 is 11.6 Å². The number of hydrogen-bond donors (Lipinski definition) is 3. The van der Waals surface area contributed by atoms with E-state index >= 15 is 0 Å². The normalized spacial score (nSPS) is 11.8. The van der Waals surface area contributed by atoms with E-state index in [2.05, 4.69) is 25.3 Å². The van der Waals surface area contributed by atoms with Gasteiger partial charge in [0.2, 0.25) is 5.95 Å². The Hall–Kier alpha value is -4.30. The van der Waals surface area contributed by atoms with E-state index in [-0.39, 0.29) is 45.2 Å². The van der Waals surface area contributed by atoms with Crippen LogP contribution in [0, 0.1) is 23.1 Å². The highest BCUT2D eigenvalue weighted by molar-refractivity contribution is 6.35. The number of nitrogens with zero attached hydrogens (tertiary/aromatic N) is 6. The zero-order valence-corrected chi connectivity index (χ0v) is 19.4. The van der Waals surface area contributed by atoms with E-state index in [1.54, 1.807) is 18.2 Å². The highest BCUT2D eigenvalue weighted by Crippen LogP contribution is 2.23. The van der Waals surface area contributed by atoms with Crippen molar-refractivity contribution in [2.24, 2.45) is 5.92 Å². The number of nitrogens with two attached hydrogens (primary N) is 2. The number of aromatic nitrogens is 5. The molecule has 0 aliphatic heterocycles. The maximum absolute atomic E-state index is 13.9. The molecule has 10 nitrogen and oxygen atoms in total. The SMILES string of the molecule is CC(CCNc1nc(N)nc(N)c1C#N)Cc1nc2cccc(Cl)c2c(=O)n1-c1cncc(F)c1. The second kappa shape index (κ2) is 9.90. The minimum Gasteiger partial charge on any atom is -0.382 e. The van der Waals surface area contributed by atoms with Gasteiger partial charge in [-0.05, 0) is 24.5 Å². The molecule has 1 atom stereocenters. The van der Waals surface area contributed by atoms with Crippen molar-refractivity contribution < 1.29 is 4.39 Å². The van der Waals surface area contributed by atoms with E-state index in [1.807, 2.05) is 13.0 Å². The lowest BCUT2D eigenvalue weighted by Gasteiger charge is -2.18. The third-order valence-corrected chi connectivity index (χ3v) is 5.71. The summed E-state index contributed by atoms with van der Waals surface area (Å²) in [5.74, 6) is 0.115. The second-order valence-corrected chi connectivity index (χ2v) is 8.40. The lowest BCUT2D eigenvalue weighted by Crippen LogP contribution is -2.26. The van der Waals surface area contributed by atoms with Crippen molar-refractivity contribution in [1.82, 2.24) is 24.5 Å². The summed E-state index contributed by atoms with van der Waals surface area (Å²) < 4.78 is 15.3. The van der Waals surface area contributed by atoms with E-state index in [9.17, 15) is 14.4 Å². The van der Waals surface area contributed by atoms with E-state index < -0.39 is 11.4 Å². The van der Waals surface area contributed by atoms with Crippen molar-refractivity contribution in [1.29, 1.82) is 5.26 Å². The third-order valence-electron chi connectivity index (χ3n) is 5.39. The molecule has 1 unspecified atom stereocenters. The molecule has 0 fully saturated rings. The fourth-order valence-corrected chi connectivity index (χ4v) is 4.00. The average molecular weight is 494 g/mol. The first-order valence-electron chi connectivity index (χ1n) is 10.7. The number of fused-ring (bicyclic) bond motifs is 1. The van der Waals surface area contributed by atoms with Crippen LogP contribution in [0.15, 0.2) is 41.5 Å². The number of pyridine rings is 1. The summed E-state index contributed by atoms with van der Waals surface area (Å²) in [7, 11) is 0. The molecule has 0 radical (unpaired) electrons. The van der Waals surface area contributed by atoms with Crippen molar-refractivity contribution in [2.45, 2.75) is 19.8 Å². The standard InChI is InChI=1S/C23H21ClFN9O/c1-12(5-6-30-21-15(9-26)20(27)32-23(28)33-21)7-18-31-17-4-2-3-16(24)19(17)22(35)34(18)14-8-13(25)10-29-11-14/h2-4,8,10-12H,5-7H2,1H3,(H5,27,28,30,32,33). The van der Waals surface area contributed by atoms with Crippen LogP contribution in [0.25, 0.3) is 16.6 Å². The Balaban J connectivity index is 1.62. The van der Waals surface area contributed by atoms with Gasteiger partial charge >= 0.3 is 0 Å². The van der Waals surface area contributed by atoms with E-state index in [0.717, 1.165) is 6.20 Å². The fraction of sp³-hybridized carbons (Fsp3) is 0.217. The van der Waals surface area contributed by atoms with Gasteiger partial charge in [0, 0.05) is 19.0 Å². The number of hydrogen-bond acceptors (Lipinski definition) is 9. The molecule has 12 heteroatoms. The molecule has 35 heavy (non-hydrogen) atoms. The minimum absolute atomic E-state index is 0.00212. The summed E-state index contributed by atoms with van der Waals surface area (Å²) in [6, 6.07) is 8.22. The number of benzene rings is 1. The van der Waals surface area contributed by atoms with Gasteiger partial charge in [-0.25, -0.2) is 9.37 Å². The number of halogens is 2. The van der Waals surface area contributed by atoms with Gasteiger partial charge in [0.1, 0.15) is 29.1 Å². The van der Waals surface area contributed by atoms with Gasteiger partial charge < -0.3 is 16.8 Å². The molecular weight excluding hydrogens is 473 g/mol. The van der Waals surface area contributed by atoms with Gasteiger partial charge in [0.25, 0.3) is 5.56 Å². The molecule has 3 heterocycles. The van der Waals surface area contributed by atoms with Gasteiger partial charge in [0.15, 0.2) is 5.82 Å². The summed E-state index contributed by atoms with van der Waals surface area (Å²) in [6.07, 6.45) is 3.48. The maximum atomic E-state index is 13.9. The van der Waals surface area contributed by atoms with Crippen LogP contribution in [0.5, 0.6) is 0 Å². The van der Waals surface area contributed by atoms with Gasteiger partial charge in [0.05, 0.1) is 34.0 Å². The lowest BCUT2D eigenvalue weighted by molar-refractivity contribution is 0.523. The molecule has 0 bridgehead atoms. The molecule has 4 rings (SSSR count).